The molecule has 3 rings (SSSR count). The van der Waals surface area contributed by atoms with Gasteiger partial charge in [-0.3, -0.25) is 19.9 Å². The lowest BCUT2D eigenvalue weighted by atomic mass is 10.1. The number of rotatable bonds is 8. The molecule has 0 atom stereocenters. The van der Waals surface area contributed by atoms with Gasteiger partial charge in [-0.1, -0.05) is 18.2 Å². The SMILES string of the molecule is CC(C)(C)OC(=O)Nc1ccc(NC(=O)c2ccc(CCNC(=O)Cc3cccnc3)cc2)cc1. The third-order valence-electron chi connectivity index (χ3n) is 4.83. The molecule has 35 heavy (non-hydrogen) atoms. The first kappa shape index (κ1) is 25.4. The van der Waals surface area contributed by atoms with E-state index in [1.54, 1.807) is 75.6 Å². The van der Waals surface area contributed by atoms with Gasteiger partial charge in [0.05, 0.1) is 6.42 Å². The van der Waals surface area contributed by atoms with E-state index in [-0.39, 0.29) is 11.8 Å². The molecule has 0 bridgehead atoms. The number of hydrogen-bond donors (Lipinski definition) is 3. The van der Waals surface area contributed by atoms with Crippen LogP contribution < -0.4 is 16.0 Å². The number of nitrogens with zero attached hydrogens (tertiary/aromatic N) is 1. The zero-order chi connectivity index (χ0) is 25.3. The van der Waals surface area contributed by atoms with Crippen LogP contribution in [0.3, 0.4) is 0 Å². The first-order valence-electron chi connectivity index (χ1n) is 11.3. The van der Waals surface area contributed by atoms with E-state index in [2.05, 4.69) is 20.9 Å². The summed E-state index contributed by atoms with van der Waals surface area (Å²) in [6, 6.07) is 17.7. The molecule has 8 heteroatoms. The molecule has 3 amide bonds. The Hall–Kier alpha value is -4.20. The van der Waals surface area contributed by atoms with Crippen LogP contribution in [0.2, 0.25) is 0 Å². The number of carbonyl (C=O) groups is 3. The molecule has 2 aromatic carbocycles. The third kappa shape index (κ3) is 8.92. The molecule has 8 nitrogen and oxygen atoms in total. The maximum Gasteiger partial charge on any atom is 0.412 e. The van der Waals surface area contributed by atoms with Gasteiger partial charge in [0, 0.05) is 35.9 Å². The molecule has 0 saturated heterocycles. The predicted octanol–water partition coefficient (Wildman–Crippen LogP) is 4.58. The van der Waals surface area contributed by atoms with Gasteiger partial charge in [-0.25, -0.2) is 4.79 Å². The smallest absolute Gasteiger partial charge is 0.412 e. The van der Waals surface area contributed by atoms with Gasteiger partial charge in [0.1, 0.15) is 5.60 Å². The van der Waals surface area contributed by atoms with Gasteiger partial charge in [-0.15, -0.1) is 0 Å². The number of nitrogens with one attached hydrogen (secondary N) is 3. The van der Waals surface area contributed by atoms with Crippen molar-refractivity contribution >= 4 is 29.3 Å². The van der Waals surface area contributed by atoms with Gasteiger partial charge in [0.15, 0.2) is 0 Å². The van der Waals surface area contributed by atoms with Gasteiger partial charge in [0.25, 0.3) is 5.91 Å². The van der Waals surface area contributed by atoms with Crippen LogP contribution >= 0.6 is 0 Å². The van der Waals surface area contributed by atoms with Crippen molar-refractivity contribution in [2.45, 2.75) is 39.2 Å². The van der Waals surface area contributed by atoms with E-state index in [0.29, 0.717) is 36.3 Å². The molecule has 0 saturated carbocycles. The fourth-order valence-corrected chi connectivity index (χ4v) is 3.18. The molecule has 1 aromatic heterocycles. The number of ether oxygens (including phenoxy) is 1. The number of amides is 3. The van der Waals surface area contributed by atoms with Crippen molar-refractivity contribution < 1.29 is 19.1 Å². The summed E-state index contributed by atoms with van der Waals surface area (Å²) in [5, 5.41) is 8.38. The molecule has 0 aliphatic rings. The Morgan fingerprint density at radius 2 is 1.51 bits per heavy atom. The van der Waals surface area contributed by atoms with Crippen molar-refractivity contribution in [1.29, 1.82) is 0 Å². The summed E-state index contributed by atoms with van der Waals surface area (Å²) in [5.74, 6) is -0.296. The summed E-state index contributed by atoms with van der Waals surface area (Å²) in [5.41, 5.74) is 2.99. The van der Waals surface area contributed by atoms with Gasteiger partial charge >= 0.3 is 6.09 Å². The van der Waals surface area contributed by atoms with Crippen molar-refractivity contribution in [2.75, 3.05) is 17.2 Å². The average molecular weight is 475 g/mol. The number of aromatic nitrogens is 1. The largest absolute Gasteiger partial charge is 0.444 e. The predicted molar refractivity (Wildman–Crippen MR) is 135 cm³/mol. The molecule has 0 radical (unpaired) electrons. The van der Waals surface area contributed by atoms with E-state index in [9.17, 15) is 14.4 Å². The first-order chi connectivity index (χ1) is 16.7. The Balaban J connectivity index is 1.44. The van der Waals surface area contributed by atoms with Crippen LogP contribution in [0.4, 0.5) is 16.2 Å². The molecule has 0 spiro atoms. The topological polar surface area (TPSA) is 109 Å². The van der Waals surface area contributed by atoms with Crippen molar-refractivity contribution in [3.63, 3.8) is 0 Å². The van der Waals surface area contributed by atoms with E-state index < -0.39 is 11.7 Å². The van der Waals surface area contributed by atoms with Crippen LogP contribution in [0.5, 0.6) is 0 Å². The van der Waals surface area contributed by atoms with Crippen LogP contribution in [0.1, 0.15) is 42.3 Å². The van der Waals surface area contributed by atoms with Crippen LogP contribution in [-0.2, 0) is 22.4 Å². The van der Waals surface area contributed by atoms with E-state index in [4.69, 9.17) is 4.74 Å². The number of anilines is 2. The number of pyridine rings is 1. The highest BCUT2D eigenvalue weighted by molar-refractivity contribution is 6.04. The quantitative estimate of drug-likeness (QED) is 0.443. The van der Waals surface area contributed by atoms with E-state index >= 15 is 0 Å². The molecule has 0 unspecified atom stereocenters. The Morgan fingerprint density at radius 1 is 0.857 bits per heavy atom. The van der Waals surface area contributed by atoms with Gasteiger partial charge in [-0.05, 0) is 80.8 Å². The maximum absolute atomic E-state index is 12.6. The zero-order valence-corrected chi connectivity index (χ0v) is 20.1. The fraction of sp³-hybridized carbons (Fsp3) is 0.259. The standard InChI is InChI=1S/C27H30N4O4/c1-27(2,3)35-26(34)31-23-12-10-22(11-13-23)30-25(33)21-8-6-19(7-9-21)14-16-29-24(32)17-20-5-4-15-28-18-20/h4-13,15,18H,14,16-17H2,1-3H3,(H,29,32)(H,30,33)(H,31,34). The Bertz CT molecular complexity index is 1140. The lowest BCUT2D eigenvalue weighted by molar-refractivity contribution is -0.120. The number of hydrogen-bond acceptors (Lipinski definition) is 5. The van der Waals surface area contributed by atoms with Crippen LogP contribution in [0.25, 0.3) is 0 Å². The summed E-state index contributed by atoms with van der Waals surface area (Å²) in [4.78, 5) is 40.4. The van der Waals surface area contributed by atoms with E-state index in [1.807, 2.05) is 18.2 Å². The first-order valence-corrected chi connectivity index (χ1v) is 11.3. The fourth-order valence-electron chi connectivity index (χ4n) is 3.18. The Labute approximate surface area is 205 Å². The average Bonchev–Trinajstić information content (AvgIpc) is 2.80. The highest BCUT2D eigenvalue weighted by Gasteiger charge is 2.16. The molecule has 3 N–H and O–H groups in total. The number of carbonyl (C=O) groups excluding carboxylic acids is 3. The minimum absolute atomic E-state index is 0.0543. The molecule has 1 heterocycles. The second kappa shape index (κ2) is 11.8. The normalized spacial score (nSPS) is 10.8. The molecule has 3 aromatic rings. The second-order valence-electron chi connectivity index (χ2n) is 8.99. The molecule has 0 fully saturated rings. The Morgan fingerprint density at radius 3 is 2.11 bits per heavy atom. The molecular weight excluding hydrogens is 444 g/mol. The van der Waals surface area contributed by atoms with E-state index in [1.165, 1.54) is 0 Å². The van der Waals surface area contributed by atoms with Crippen molar-refractivity contribution in [1.82, 2.24) is 10.3 Å². The second-order valence-corrected chi connectivity index (χ2v) is 8.99. The number of benzene rings is 2. The van der Waals surface area contributed by atoms with Gasteiger partial charge < -0.3 is 15.4 Å². The molecular formula is C27H30N4O4. The monoisotopic (exact) mass is 474 g/mol. The summed E-state index contributed by atoms with van der Waals surface area (Å²) in [6.45, 7) is 5.89. The minimum Gasteiger partial charge on any atom is -0.444 e. The van der Waals surface area contributed by atoms with Crippen molar-refractivity contribution in [3.8, 4) is 0 Å². The molecule has 182 valence electrons. The zero-order valence-electron chi connectivity index (χ0n) is 20.1. The summed E-state index contributed by atoms with van der Waals surface area (Å²) in [7, 11) is 0. The van der Waals surface area contributed by atoms with Gasteiger partial charge in [0.2, 0.25) is 5.91 Å². The summed E-state index contributed by atoms with van der Waals surface area (Å²) >= 11 is 0. The molecule has 0 aliphatic carbocycles. The van der Waals surface area contributed by atoms with Gasteiger partial charge in [-0.2, -0.15) is 0 Å². The lowest BCUT2D eigenvalue weighted by Crippen LogP contribution is -2.27. The van der Waals surface area contributed by atoms with Crippen molar-refractivity contribution in [2.24, 2.45) is 0 Å². The maximum atomic E-state index is 12.6. The minimum atomic E-state index is -0.582. The van der Waals surface area contributed by atoms with Crippen LogP contribution in [-0.4, -0.2) is 35.0 Å². The van der Waals surface area contributed by atoms with Crippen LogP contribution in [0, 0.1) is 0 Å². The van der Waals surface area contributed by atoms with Crippen LogP contribution in [0.15, 0.2) is 73.1 Å². The highest BCUT2D eigenvalue weighted by Crippen LogP contribution is 2.16. The summed E-state index contributed by atoms with van der Waals surface area (Å²) < 4.78 is 5.22. The summed E-state index contributed by atoms with van der Waals surface area (Å²) in [6.07, 6.45) is 3.77. The third-order valence-corrected chi connectivity index (χ3v) is 4.83. The Kier molecular flexibility index (Phi) is 8.56. The lowest BCUT2D eigenvalue weighted by Gasteiger charge is -2.19. The highest BCUT2D eigenvalue weighted by atomic mass is 16.6. The van der Waals surface area contributed by atoms with E-state index in [0.717, 1.165) is 11.1 Å². The molecule has 0 aliphatic heterocycles. The van der Waals surface area contributed by atoms with Crippen molar-refractivity contribution in [3.05, 3.63) is 89.7 Å².